The third-order valence-electron chi connectivity index (χ3n) is 6.90. The Morgan fingerprint density at radius 2 is 0.579 bits per heavy atom. The van der Waals surface area contributed by atoms with E-state index in [4.69, 9.17) is 18.9 Å². The minimum atomic E-state index is -0.608. The molecular formula is C32H66O6. The second-order valence-electron chi connectivity index (χ2n) is 11.0. The number of ether oxygens (including phenoxy) is 4. The molecule has 0 heterocycles. The lowest BCUT2D eigenvalue weighted by Gasteiger charge is -2.14. The maximum absolute atomic E-state index is 9.95. The smallest absolute Gasteiger partial charge is 0.101 e. The van der Waals surface area contributed by atoms with Crippen molar-refractivity contribution in [3.8, 4) is 0 Å². The van der Waals surface area contributed by atoms with Gasteiger partial charge in [0, 0.05) is 13.2 Å². The Morgan fingerprint density at radius 1 is 0.342 bits per heavy atom. The Balaban J connectivity index is 3.25. The molecule has 0 rings (SSSR count). The summed E-state index contributed by atoms with van der Waals surface area (Å²) in [6.07, 6.45) is 24.9. The fourth-order valence-corrected chi connectivity index (χ4v) is 4.47. The Hall–Kier alpha value is -0.240. The third-order valence-corrected chi connectivity index (χ3v) is 6.90. The van der Waals surface area contributed by atoms with E-state index in [9.17, 15) is 10.2 Å². The summed E-state index contributed by atoms with van der Waals surface area (Å²) in [4.78, 5) is 0. The minimum absolute atomic E-state index is 0.242. The van der Waals surface area contributed by atoms with Gasteiger partial charge in [0.15, 0.2) is 0 Å². The molecule has 2 atom stereocenters. The van der Waals surface area contributed by atoms with Crippen molar-refractivity contribution in [2.75, 3.05) is 52.9 Å². The fraction of sp³-hybridized carbons (Fsp3) is 1.00. The van der Waals surface area contributed by atoms with E-state index in [1.807, 2.05) is 0 Å². The van der Waals surface area contributed by atoms with E-state index < -0.39 is 12.2 Å². The van der Waals surface area contributed by atoms with Crippen molar-refractivity contribution < 1.29 is 29.2 Å². The van der Waals surface area contributed by atoms with Crippen molar-refractivity contribution in [3.63, 3.8) is 0 Å². The van der Waals surface area contributed by atoms with Crippen LogP contribution in [-0.4, -0.2) is 75.3 Å². The normalized spacial score (nSPS) is 13.3. The van der Waals surface area contributed by atoms with Crippen LogP contribution in [0.3, 0.4) is 0 Å². The molecule has 0 spiro atoms. The molecule has 0 aliphatic heterocycles. The molecule has 0 saturated carbocycles. The Morgan fingerprint density at radius 3 is 0.868 bits per heavy atom. The molecule has 6 heteroatoms. The molecule has 2 unspecified atom stereocenters. The van der Waals surface area contributed by atoms with Crippen LogP contribution in [0.4, 0.5) is 0 Å². The van der Waals surface area contributed by atoms with Gasteiger partial charge < -0.3 is 29.2 Å². The molecule has 0 bridgehead atoms. The molecule has 0 aromatic carbocycles. The monoisotopic (exact) mass is 546 g/mol. The van der Waals surface area contributed by atoms with Crippen molar-refractivity contribution in [1.29, 1.82) is 0 Å². The summed E-state index contributed by atoms with van der Waals surface area (Å²) < 4.78 is 22.0. The standard InChI is InChI=1S/C32H66O6/c1-3-5-7-9-11-13-15-17-19-21-23-35-27-31(33)29-37-25-26-38-30-32(34)28-36-24-22-20-18-16-14-12-10-8-6-4-2/h31-34H,3-30H2,1-2H3. The SMILES string of the molecule is CCCCCCCCCCCCOCC(O)COCCOCC(O)COCCCCCCCCCCCC. The van der Waals surface area contributed by atoms with Gasteiger partial charge in [0.2, 0.25) is 0 Å². The van der Waals surface area contributed by atoms with E-state index in [1.54, 1.807) is 0 Å². The van der Waals surface area contributed by atoms with Gasteiger partial charge >= 0.3 is 0 Å². The average Bonchev–Trinajstić information content (AvgIpc) is 2.91. The molecule has 0 aliphatic rings. The topological polar surface area (TPSA) is 77.4 Å². The molecule has 0 fully saturated rings. The van der Waals surface area contributed by atoms with Gasteiger partial charge in [-0.2, -0.15) is 0 Å². The van der Waals surface area contributed by atoms with Crippen LogP contribution in [0.15, 0.2) is 0 Å². The molecule has 38 heavy (non-hydrogen) atoms. The zero-order valence-corrected chi connectivity index (χ0v) is 25.5. The largest absolute Gasteiger partial charge is 0.388 e. The highest BCUT2D eigenvalue weighted by Crippen LogP contribution is 2.11. The Bertz CT molecular complexity index is 385. The number of hydrogen-bond donors (Lipinski definition) is 2. The van der Waals surface area contributed by atoms with E-state index in [0.29, 0.717) is 39.6 Å². The van der Waals surface area contributed by atoms with Crippen LogP contribution in [0.1, 0.15) is 142 Å². The second-order valence-corrected chi connectivity index (χ2v) is 11.0. The van der Waals surface area contributed by atoms with E-state index in [2.05, 4.69) is 13.8 Å². The predicted molar refractivity (Wildman–Crippen MR) is 159 cm³/mol. The first-order chi connectivity index (χ1) is 18.7. The highest BCUT2D eigenvalue weighted by molar-refractivity contribution is 4.54. The summed E-state index contributed by atoms with van der Waals surface area (Å²) in [5.41, 5.74) is 0. The van der Waals surface area contributed by atoms with Gasteiger partial charge in [-0.1, -0.05) is 129 Å². The van der Waals surface area contributed by atoms with Gasteiger partial charge in [0.05, 0.1) is 39.6 Å². The highest BCUT2D eigenvalue weighted by Gasteiger charge is 2.06. The minimum Gasteiger partial charge on any atom is -0.388 e. The Kier molecular flexibility index (Phi) is 32.8. The second kappa shape index (κ2) is 33.0. The molecule has 0 aromatic heterocycles. The first-order valence-electron chi connectivity index (χ1n) is 16.4. The molecule has 2 N–H and O–H groups in total. The number of unbranched alkanes of at least 4 members (excludes halogenated alkanes) is 18. The predicted octanol–water partition coefficient (Wildman–Crippen LogP) is 7.62. The van der Waals surface area contributed by atoms with E-state index >= 15 is 0 Å². The maximum atomic E-state index is 9.95. The van der Waals surface area contributed by atoms with E-state index in [-0.39, 0.29) is 13.2 Å². The van der Waals surface area contributed by atoms with E-state index in [0.717, 1.165) is 12.8 Å². The quantitative estimate of drug-likeness (QED) is 0.0825. The Labute approximate surface area is 236 Å². The fourth-order valence-electron chi connectivity index (χ4n) is 4.47. The molecule has 6 nitrogen and oxygen atoms in total. The number of rotatable bonds is 33. The maximum Gasteiger partial charge on any atom is 0.101 e. The highest BCUT2D eigenvalue weighted by atomic mass is 16.5. The molecule has 0 saturated heterocycles. The number of hydrogen-bond acceptors (Lipinski definition) is 6. The van der Waals surface area contributed by atoms with Crippen molar-refractivity contribution in [3.05, 3.63) is 0 Å². The van der Waals surface area contributed by atoms with Crippen molar-refractivity contribution in [1.82, 2.24) is 0 Å². The first kappa shape index (κ1) is 37.8. The van der Waals surface area contributed by atoms with Crippen LogP contribution < -0.4 is 0 Å². The van der Waals surface area contributed by atoms with Gasteiger partial charge in [-0.25, -0.2) is 0 Å². The molecule has 0 radical (unpaired) electrons. The van der Waals surface area contributed by atoms with Gasteiger partial charge in [-0.3, -0.25) is 0 Å². The van der Waals surface area contributed by atoms with Crippen LogP contribution in [0.2, 0.25) is 0 Å². The average molecular weight is 547 g/mol. The molecule has 0 aliphatic carbocycles. The lowest BCUT2D eigenvalue weighted by atomic mass is 10.1. The van der Waals surface area contributed by atoms with Crippen LogP contribution in [0, 0.1) is 0 Å². The molecule has 230 valence electrons. The summed E-state index contributed by atoms with van der Waals surface area (Å²) in [5.74, 6) is 0. The third kappa shape index (κ3) is 32.0. The molecule has 0 amide bonds. The van der Waals surface area contributed by atoms with Gasteiger partial charge in [-0.05, 0) is 12.8 Å². The zero-order chi connectivity index (χ0) is 27.8. The number of aliphatic hydroxyl groups is 2. The van der Waals surface area contributed by atoms with Crippen molar-refractivity contribution in [2.45, 2.75) is 154 Å². The van der Waals surface area contributed by atoms with Gasteiger partial charge in [-0.15, -0.1) is 0 Å². The number of aliphatic hydroxyl groups excluding tert-OH is 2. The summed E-state index contributed by atoms with van der Waals surface area (Å²) in [6.45, 7) is 7.82. The van der Waals surface area contributed by atoms with Crippen LogP contribution in [0.5, 0.6) is 0 Å². The lowest BCUT2D eigenvalue weighted by Crippen LogP contribution is -2.25. The van der Waals surface area contributed by atoms with Crippen molar-refractivity contribution >= 4 is 0 Å². The zero-order valence-electron chi connectivity index (χ0n) is 25.5. The summed E-state index contributed by atoms with van der Waals surface area (Å²) >= 11 is 0. The first-order valence-corrected chi connectivity index (χ1v) is 16.4. The van der Waals surface area contributed by atoms with Crippen LogP contribution in [-0.2, 0) is 18.9 Å². The lowest BCUT2D eigenvalue weighted by molar-refractivity contribution is -0.0508. The van der Waals surface area contributed by atoms with Crippen LogP contribution in [0.25, 0.3) is 0 Å². The van der Waals surface area contributed by atoms with Gasteiger partial charge in [0.25, 0.3) is 0 Å². The van der Waals surface area contributed by atoms with E-state index in [1.165, 1.54) is 116 Å². The van der Waals surface area contributed by atoms with Crippen molar-refractivity contribution in [2.24, 2.45) is 0 Å². The summed E-state index contributed by atoms with van der Waals surface area (Å²) in [6, 6.07) is 0. The summed E-state index contributed by atoms with van der Waals surface area (Å²) in [5, 5.41) is 19.9. The molecular weight excluding hydrogens is 480 g/mol. The van der Waals surface area contributed by atoms with Gasteiger partial charge in [0.1, 0.15) is 12.2 Å². The molecule has 0 aromatic rings. The van der Waals surface area contributed by atoms with Crippen LogP contribution >= 0.6 is 0 Å². The summed E-state index contributed by atoms with van der Waals surface area (Å²) in [7, 11) is 0.